The van der Waals surface area contributed by atoms with E-state index >= 15 is 0 Å². The second kappa shape index (κ2) is 7.10. The monoisotopic (exact) mass is 360 g/mol. The summed E-state index contributed by atoms with van der Waals surface area (Å²) in [5.41, 5.74) is 3.79. The molecule has 4 nitrogen and oxygen atoms in total. The lowest BCUT2D eigenvalue weighted by Gasteiger charge is -2.42. The molecule has 4 rings (SSSR count). The van der Waals surface area contributed by atoms with E-state index in [0.29, 0.717) is 6.42 Å². The van der Waals surface area contributed by atoms with Gasteiger partial charge in [0, 0.05) is 25.6 Å². The molecule has 0 bridgehead atoms. The van der Waals surface area contributed by atoms with Gasteiger partial charge in [0.2, 0.25) is 5.91 Å². The van der Waals surface area contributed by atoms with Gasteiger partial charge in [-0.15, -0.1) is 0 Å². The summed E-state index contributed by atoms with van der Waals surface area (Å²) in [5.74, 6) is 0.229. The molecule has 2 aromatic rings. The molecular weight excluding hydrogens is 336 g/mol. The molecule has 2 aliphatic rings. The van der Waals surface area contributed by atoms with Crippen molar-refractivity contribution in [2.24, 2.45) is 4.99 Å². The number of aliphatic imine (C=N–C) groups is 1. The van der Waals surface area contributed by atoms with E-state index in [1.165, 1.54) is 5.56 Å². The van der Waals surface area contributed by atoms with Crippen LogP contribution < -0.4 is 0 Å². The third-order valence-corrected chi connectivity index (χ3v) is 5.78. The Kier molecular flexibility index (Phi) is 4.65. The molecule has 4 heteroatoms. The fourth-order valence-corrected chi connectivity index (χ4v) is 4.24. The zero-order valence-electron chi connectivity index (χ0n) is 15.6. The zero-order chi connectivity index (χ0) is 18.9. The number of carbonyl (C=O) groups excluding carboxylic acids is 2. The third kappa shape index (κ3) is 3.57. The molecule has 2 aromatic carbocycles. The number of rotatable bonds is 3. The van der Waals surface area contributed by atoms with Crippen molar-refractivity contribution in [1.29, 1.82) is 0 Å². The number of ketones is 1. The Balaban J connectivity index is 1.64. The molecule has 1 amide bonds. The van der Waals surface area contributed by atoms with Crippen LogP contribution in [-0.4, -0.2) is 40.9 Å². The Morgan fingerprint density at radius 1 is 1.00 bits per heavy atom. The van der Waals surface area contributed by atoms with Crippen molar-refractivity contribution in [2.45, 2.75) is 38.1 Å². The number of hydrogen-bond donors (Lipinski definition) is 0. The fraction of sp³-hybridized carbons (Fsp3) is 0.348. The Bertz CT molecular complexity index is 894. The van der Waals surface area contributed by atoms with Crippen molar-refractivity contribution in [1.82, 2.24) is 4.90 Å². The summed E-state index contributed by atoms with van der Waals surface area (Å²) in [6.07, 6.45) is 2.91. The van der Waals surface area contributed by atoms with E-state index in [-0.39, 0.29) is 17.2 Å². The predicted molar refractivity (Wildman–Crippen MR) is 106 cm³/mol. The minimum Gasteiger partial charge on any atom is -0.343 e. The summed E-state index contributed by atoms with van der Waals surface area (Å²) < 4.78 is 0. The number of fused-ring (bicyclic) bond motifs is 1. The topological polar surface area (TPSA) is 49.7 Å². The number of hydrogen-bond acceptors (Lipinski definition) is 3. The first-order chi connectivity index (χ1) is 13.1. The average molecular weight is 360 g/mol. The molecule has 1 saturated heterocycles. The molecule has 0 N–H and O–H groups in total. The van der Waals surface area contributed by atoms with Crippen LogP contribution >= 0.6 is 0 Å². The molecular formula is C23H24N2O2. The van der Waals surface area contributed by atoms with E-state index in [0.717, 1.165) is 49.2 Å². The average Bonchev–Trinajstić information content (AvgIpc) is 2.69. The maximum absolute atomic E-state index is 12.8. The van der Waals surface area contributed by atoms with Gasteiger partial charge in [-0.25, -0.2) is 0 Å². The lowest BCUT2D eigenvalue weighted by atomic mass is 9.77. The number of nitrogens with zero attached hydrogens (tertiary/aromatic N) is 2. The number of benzene rings is 2. The number of piperidine rings is 1. The van der Waals surface area contributed by atoms with Crippen LogP contribution in [0.25, 0.3) is 0 Å². The van der Waals surface area contributed by atoms with Crippen LogP contribution in [0.4, 0.5) is 0 Å². The molecule has 27 heavy (non-hydrogen) atoms. The zero-order valence-corrected chi connectivity index (χ0v) is 15.6. The second-order valence-corrected chi connectivity index (χ2v) is 7.59. The van der Waals surface area contributed by atoms with Gasteiger partial charge in [-0.1, -0.05) is 54.6 Å². The number of amides is 1. The van der Waals surface area contributed by atoms with E-state index in [1.807, 2.05) is 41.3 Å². The maximum Gasteiger partial charge on any atom is 0.219 e. The van der Waals surface area contributed by atoms with Crippen LogP contribution in [-0.2, 0) is 11.2 Å². The molecule has 0 unspecified atom stereocenters. The van der Waals surface area contributed by atoms with Gasteiger partial charge in [0.05, 0.1) is 17.7 Å². The second-order valence-electron chi connectivity index (χ2n) is 7.59. The molecule has 138 valence electrons. The smallest absolute Gasteiger partial charge is 0.219 e. The highest BCUT2D eigenvalue weighted by molar-refractivity contribution is 6.16. The first-order valence-corrected chi connectivity index (χ1v) is 9.57. The molecule has 0 aliphatic carbocycles. The fourth-order valence-electron chi connectivity index (χ4n) is 4.24. The molecule has 1 fully saturated rings. The van der Waals surface area contributed by atoms with E-state index in [1.54, 1.807) is 6.92 Å². The standard InChI is InChI=1S/C23H24N2O2/c1-17(26)25-13-11-23(12-14-25)16-19-9-5-6-10-20(19)21(24-23)15-22(27)18-7-3-2-4-8-18/h2-10H,11-16H2,1H3. The highest BCUT2D eigenvalue weighted by Gasteiger charge is 2.39. The molecule has 0 saturated carbocycles. The van der Waals surface area contributed by atoms with Gasteiger partial charge in [0.1, 0.15) is 0 Å². The Labute approximate surface area is 159 Å². The predicted octanol–water partition coefficient (Wildman–Crippen LogP) is 3.69. The Morgan fingerprint density at radius 3 is 2.37 bits per heavy atom. The summed E-state index contributed by atoms with van der Waals surface area (Å²) in [6.45, 7) is 3.10. The van der Waals surface area contributed by atoms with Crippen LogP contribution in [0.15, 0.2) is 59.6 Å². The molecule has 0 aromatic heterocycles. The highest BCUT2D eigenvalue weighted by atomic mass is 16.2. The SMILES string of the molecule is CC(=O)N1CCC2(CC1)Cc1ccccc1C(CC(=O)c1ccccc1)=N2. The molecule has 2 heterocycles. The highest BCUT2D eigenvalue weighted by Crippen LogP contribution is 2.36. The summed E-state index contributed by atoms with van der Waals surface area (Å²) in [4.78, 5) is 31.5. The van der Waals surface area contributed by atoms with E-state index in [9.17, 15) is 9.59 Å². The van der Waals surface area contributed by atoms with Crippen LogP contribution in [0.1, 0.15) is 47.7 Å². The quantitative estimate of drug-likeness (QED) is 0.784. The maximum atomic E-state index is 12.8. The third-order valence-electron chi connectivity index (χ3n) is 5.78. The van der Waals surface area contributed by atoms with Gasteiger partial charge < -0.3 is 4.90 Å². The van der Waals surface area contributed by atoms with Crippen LogP contribution in [0.5, 0.6) is 0 Å². The van der Waals surface area contributed by atoms with Gasteiger partial charge in [-0.2, -0.15) is 0 Å². The van der Waals surface area contributed by atoms with Crippen LogP contribution in [0, 0.1) is 0 Å². The van der Waals surface area contributed by atoms with Gasteiger partial charge in [-0.05, 0) is 30.4 Å². The summed E-state index contributed by atoms with van der Waals surface area (Å²) in [5, 5.41) is 0. The van der Waals surface area contributed by atoms with Gasteiger partial charge in [0.15, 0.2) is 5.78 Å². The van der Waals surface area contributed by atoms with Gasteiger partial charge >= 0.3 is 0 Å². The lowest BCUT2D eigenvalue weighted by molar-refractivity contribution is -0.130. The van der Waals surface area contributed by atoms with Crippen molar-refractivity contribution < 1.29 is 9.59 Å². The van der Waals surface area contributed by atoms with Crippen molar-refractivity contribution in [2.75, 3.05) is 13.1 Å². The van der Waals surface area contributed by atoms with E-state index in [2.05, 4.69) is 18.2 Å². The Hall–Kier alpha value is -2.75. The minimum absolute atomic E-state index is 0.0994. The summed E-state index contributed by atoms with van der Waals surface area (Å²) in [7, 11) is 0. The molecule has 0 radical (unpaired) electrons. The first-order valence-electron chi connectivity index (χ1n) is 9.57. The molecule has 2 aliphatic heterocycles. The van der Waals surface area contributed by atoms with Crippen molar-refractivity contribution in [3.05, 3.63) is 71.3 Å². The molecule has 1 spiro atoms. The van der Waals surface area contributed by atoms with Gasteiger partial charge in [0.25, 0.3) is 0 Å². The summed E-state index contributed by atoms with van der Waals surface area (Å²) >= 11 is 0. The normalized spacial score (nSPS) is 18.0. The minimum atomic E-state index is -0.188. The van der Waals surface area contributed by atoms with Crippen LogP contribution in [0.2, 0.25) is 0 Å². The number of likely N-dealkylation sites (tertiary alicyclic amines) is 1. The Morgan fingerprint density at radius 2 is 1.67 bits per heavy atom. The number of Topliss-reactive ketones (excluding diaryl/α,β-unsaturated/α-hetero) is 1. The summed E-state index contributed by atoms with van der Waals surface area (Å²) in [6, 6.07) is 17.7. The van der Waals surface area contributed by atoms with Gasteiger partial charge in [-0.3, -0.25) is 14.6 Å². The number of carbonyl (C=O) groups is 2. The molecule has 0 atom stereocenters. The van der Waals surface area contributed by atoms with Crippen molar-refractivity contribution >= 4 is 17.4 Å². The van der Waals surface area contributed by atoms with Crippen molar-refractivity contribution in [3.63, 3.8) is 0 Å². The first kappa shape index (κ1) is 17.7. The van der Waals surface area contributed by atoms with Crippen LogP contribution in [0.3, 0.4) is 0 Å². The largest absolute Gasteiger partial charge is 0.343 e. The lowest BCUT2D eigenvalue weighted by Crippen LogP contribution is -2.48. The van der Waals surface area contributed by atoms with Crippen molar-refractivity contribution in [3.8, 4) is 0 Å². The van der Waals surface area contributed by atoms with E-state index in [4.69, 9.17) is 4.99 Å². The van der Waals surface area contributed by atoms with E-state index < -0.39 is 0 Å².